The van der Waals surface area contributed by atoms with Gasteiger partial charge in [-0.05, 0) is 56.2 Å². The van der Waals surface area contributed by atoms with Crippen molar-refractivity contribution < 1.29 is 14.3 Å². The molecule has 2 N–H and O–H groups in total. The van der Waals surface area contributed by atoms with Gasteiger partial charge < -0.3 is 20.1 Å². The van der Waals surface area contributed by atoms with Gasteiger partial charge in [-0.1, -0.05) is 19.1 Å². The Labute approximate surface area is 163 Å². The van der Waals surface area contributed by atoms with Crippen LogP contribution in [-0.4, -0.2) is 24.8 Å². The van der Waals surface area contributed by atoms with Crippen molar-refractivity contribution in [1.29, 1.82) is 0 Å². The molecule has 140 valence electrons. The minimum atomic E-state index is -0.370. The summed E-state index contributed by atoms with van der Waals surface area (Å²) in [5, 5.41) is 7.53. The molecular weight excluding hydrogens is 368 g/mol. The Bertz CT molecular complexity index is 757. The van der Waals surface area contributed by atoms with E-state index < -0.39 is 0 Å². The maximum Gasteiger partial charge on any atom is 0.340 e. The molecule has 1 aromatic carbocycles. The maximum absolute atomic E-state index is 11.9. The molecule has 2 rings (SSSR count). The SMILES string of the molecule is CCOc1ccc(C(C)NC(=S)Nc2sc(CC)cc2C(=O)OC)cc1. The fourth-order valence-corrected chi connectivity index (χ4v) is 3.74. The van der Waals surface area contributed by atoms with Crippen LogP contribution in [0.2, 0.25) is 0 Å². The largest absolute Gasteiger partial charge is 0.494 e. The summed E-state index contributed by atoms with van der Waals surface area (Å²) in [6, 6.07) is 9.75. The molecule has 5 nitrogen and oxygen atoms in total. The van der Waals surface area contributed by atoms with Gasteiger partial charge in [-0.3, -0.25) is 0 Å². The molecule has 1 unspecified atom stereocenters. The number of ether oxygens (including phenoxy) is 2. The third-order valence-electron chi connectivity index (χ3n) is 3.80. The van der Waals surface area contributed by atoms with E-state index in [4.69, 9.17) is 21.7 Å². The zero-order valence-corrected chi connectivity index (χ0v) is 17.1. The first-order valence-electron chi connectivity index (χ1n) is 8.49. The number of carbonyl (C=O) groups excluding carboxylic acids is 1. The molecule has 0 bridgehead atoms. The first-order valence-corrected chi connectivity index (χ1v) is 9.72. The minimum Gasteiger partial charge on any atom is -0.494 e. The summed E-state index contributed by atoms with van der Waals surface area (Å²) in [6.07, 6.45) is 0.846. The molecule has 0 saturated heterocycles. The number of rotatable bonds is 7. The zero-order chi connectivity index (χ0) is 19.1. The van der Waals surface area contributed by atoms with Crippen LogP contribution in [0, 0.1) is 0 Å². The van der Waals surface area contributed by atoms with Crippen LogP contribution in [0.15, 0.2) is 30.3 Å². The molecule has 0 spiro atoms. The lowest BCUT2D eigenvalue weighted by Gasteiger charge is -2.17. The number of hydrogen-bond donors (Lipinski definition) is 2. The summed E-state index contributed by atoms with van der Waals surface area (Å²) < 4.78 is 10.3. The Morgan fingerprint density at radius 1 is 1.27 bits per heavy atom. The molecule has 1 aromatic heterocycles. The summed E-state index contributed by atoms with van der Waals surface area (Å²) in [4.78, 5) is 13.0. The highest BCUT2D eigenvalue weighted by Gasteiger charge is 2.17. The highest BCUT2D eigenvalue weighted by molar-refractivity contribution is 7.80. The second-order valence-corrected chi connectivity index (χ2v) is 7.17. The molecule has 0 aliphatic rings. The quantitative estimate of drug-likeness (QED) is 0.533. The molecule has 0 radical (unpaired) electrons. The van der Waals surface area contributed by atoms with Gasteiger partial charge in [0.25, 0.3) is 0 Å². The zero-order valence-electron chi connectivity index (χ0n) is 15.4. The van der Waals surface area contributed by atoms with Gasteiger partial charge in [-0.25, -0.2) is 4.79 Å². The number of aryl methyl sites for hydroxylation is 1. The van der Waals surface area contributed by atoms with Crippen molar-refractivity contribution in [2.24, 2.45) is 0 Å². The van der Waals surface area contributed by atoms with E-state index >= 15 is 0 Å². The van der Waals surface area contributed by atoms with Gasteiger partial charge in [-0.15, -0.1) is 11.3 Å². The summed E-state index contributed by atoms with van der Waals surface area (Å²) in [7, 11) is 1.37. The Balaban J connectivity index is 2.03. The Morgan fingerprint density at radius 2 is 1.96 bits per heavy atom. The van der Waals surface area contributed by atoms with Crippen molar-refractivity contribution in [3.05, 3.63) is 46.3 Å². The summed E-state index contributed by atoms with van der Waals surface area (Å²) in [5.41, 5.74) is 1.60. The van der Waals surface area contributed by atoms with Gasteiger partial charge in [0.05, 0.1) is 25.3 Å². The van der Waals surface area contributed by atoms with Gasteiger partial charge in [0.2, 0.25) is 0 Å². The highest BCUT2D eigenvalue weighted by atomic mass is 32.1. The Morgan fingerprint density at radius 3 is 2.54 bits per heavy atom. The van der Waals surface area contributed by atoms with Crippen LogP contribution >= 0.6 is 23.6 Å². The number of carbonyl (C=O) groups is 1. The average Bonchev–Trinajstić information content (AvgIpc) is 3.04. The molecule has 26 heavy (non-hydrogen) atoms. The Hall–Kier alpha value is -2.12. The predicted octanol–water partition coefficient (Wildman–Crippen LogP) is 4.54. The number of thiocarbonyl (C=S) groups is 1. The topological polar surface area (TPSA) is 59.6 Å². The van der Waals surface area contributed by atoms with Crippen LogP contribution < -0.4 is 15.4 Å². The lowest BCUT2D eigenvalue weighted by molar-refractivity contribution is 0.0602. The van der Waals surface area contributed by atoms with Crippen LogP contribution in [-0.2, 0) is 11.2 Å². The second-order valence-electron chi connectivity index (χ2n) is 5.62. The molecular formula is C19H24N2O3S2. The molecule has 1 atom stereocenters. The molecule has 0 saturated carbocycles. The van der Waals surface area contributed by atoms with E-state index in [2.05, 4.69) is 10.6 Å². The van der Waals surface area contributed by atoms with Crippen molar-refractivity contribution in [1.82, 2.24) is 5.32 Å². The van der Waals surface area contributed by atoms with E-state index in [-0.39, 0.29) is 12.0 Å². The molecule has 0 aliphatic heterocycles. The van der Waals surface area contributed by atoms with E-state index in [1.54, 1.807) is 0 Å². The molecule has 0 amide bonds. The van der Waals surface area contributed by atoms with Gasteiger partial charge in [0.1, 0.15) is 10.8 Å². The maximum atomic E-state index is 11.9. The third kappa shape index (κ3) is 5.19. The van der Waals surface area contributed by atoms with Gasteiger partial charge in [-0.2, -0.15) is 0 Å². The Kier molecular flexibility index (Phi) is 7.41. The van der Waals surface area contributed by atoms with Crippen molar-refractivity contribution >= 4 is 39.6 Å². The van der Waals surface area contributed by atoms with E-state index in [0.29, 0.717) is 22.3 Å². The number of esters is 1. The standard InChI is InChI=1S/C19H24N2O3S2/c1-5-15-11-16(18(22)23-4)17(26-15)21-19(25)20-12(3)13-7-9-14(10-8-13)24-6-2/h7-12H,5-6H2,1-4H3,(H2,20,21,25). The molecule has 7 heteroatoms. The highest BCUT2D eigenvalue weighted by Crippen LogP contribution is 2.29. The first-order chi connectivity index (χ1) is 12.5. The normalized spacial score (nSPS) is 11.5. The van der Waals surface area contributed by atoms with Crippen LogP contribution in [0.4, 0.5) is 5.00 Å². The van der Waals surface area contributed by atoms with Gasteiger partial charge >= 0.3 is 5.97 Å². The van der Waals surface area contributed by atoms with E-state index in [1.807, 2.05) is 51.1 Å². The van der Waals surface area contributed by atoms with E-state index in [1.165, 1.54) is 18.4 Å². The van der Waals surface area contributed by atoms with Gasteiger partial charge in [0.15, 0.2) is 5.11 Å². The summed E-state index contributed by atoms with van der Waals surface area (Å²) >= 11 is 6.92. The monoisotopic (exact) mass is 392 g/mol. The van der Waals surface area contributed by atoms with Crippen LogP contribution in [0.25, 0.3) is 0 Å². The summed E-state index contributed by atoms with van der Waals surface area (Å²) in [5.74, 6) is 0.475. The molecule has 0 aliphatic carbocycles. The molecule has 0 fully saturated rings. The summed E-state index contributed by atoms with van der Waals surface area (Å²) in [6.45, 7) is 6.67. The average molecular weight is 393 g/mol. The molecule has 2 aromatic rings. The minimum absolute atomic E-state index is 0.0119. The van der Waals surface area contributed by atoms with Crippen molar-refractivity contribution in [2.75, 3.05) is 19.0 Å². The van der Waals surface area contributed by atoms with Crippen LogP contribution in [0.1, 0.15) is 47.6 Å². The van der Waals surface area contributed by atoms with Gasteiger partial charge in [0, 0.05) is 4.88 Å². The predicted molar refractivity (Wildman–Crippen MR) is 110 cm³/mol. The van der Waals surface area contributed by atoms with Crippen LogP contribution in [0.3, 0.4) is 0 Å². The smallest absolute Gasteiger partial charge is 0.340 e. The molecule has 1 heterocycles. The van der Waals surface area contributed by atoms with Crippen LogP contribution in [0.5, 0.6) is 5.75 Å². The fourth-order valence-electron chi connectivity index (χ4n) is 2.41. The fraction of sp³-hybridized carbons (Fsp3) is 0.368. The number of nitrogens with one attached hydrogen (secondary N) is 2. The number of benzene rings is 1. The van der Waals surface area contributed by atoms with Crippen molar-refractivity contribution in [3.63, 3.8) is 0 Å². The number of anilines is 1. The lowest BCUT2D eigenvalue weighted by atomic mass is 10.1. The van der Waals surface area contributed by atoms with Crippen molar-refractivity contribution in [2.45, 2.75) is 33.2 Å². The number of hydrogen-bond acceptors (Lipinski definition) is 5. The number of thiophene rings is 1. The third-order valence-corrected chi connectivity index (χ3v) is 5.22. The van der Waals surface area contributed by atoms with Crippen molar-refractivity contribution in [3.8, 4) is 5.75 Å². The number of methoxy groups -OCH3 is 1. The first kappa shape index (κ1) is 20.2. The van der Waals surface area contributed by atoms with E-state index in [0.717, 1.165) is 22.6 Å². The lowest BCUT2D eigenvalue weighted by Crippen LogP contribution is -2.31. The second kappa shape index (κ2) is 9.54. The van der Waals surface area contributed by atoms with E-state index in [9.17, 15) is 4.79 Å².